The second-order valence-corrected chi connectivity index (χ2v) is 6.18. The SMILES string of the molecule is CCN(CC(C)CNCC(C)C)C1CCCC1. The van der Waals surface area contributed by atoms with Crippen LogP contribution in [0.25, 0.3) is 0 Å². The smallest absolute Gasteiger partial charge is 0.00952 e. The van der Waals surface area contributed by atoms with Crippen LogP contribution in [0.15, 0.2) is 0 Å². The van der Waals surface area contributed by atoms with E-state index in [9.17, 15) is 0 Å². The van der Waals surface area contributed by atoms with Gasteiger partial charge in [-0.3, -0.25) is 0 Å². The molecule has 0 aliphatic heterocycles. The molecule has 0 bridgehead atoms. The molecule has 1 rings (SSSR count). The molecule has 17 heavy (non-hydrogen) atoms. The molecule has 1 atom stereocenters. The standard InChI is InChI=1S/C15H32N2/c1-5-17(15-8-6-7-9-15)12-14(4)11-16-10-13(2)3/h13-16H,5-12H2,1-4H3. The summed E-state index contributed by atoms with van der Waals surface area (Å²) in [5.74, 6) is 1.54. The van der Waals surface area contributed by atoms with Gasteiger partial charge in [0.05, 0.1) is 0 Å². The van der Waals surface area contributed by atoms with Crippen molar-refractivity contribution >= 4 is 0 Å². The zero-order valence-electron chi connectivity index (χ0n) is 12.3. The Hall–Kier alpha value is -0.0800. The molecule has 1 N–H and O–H groups in total. The quantitative estimate of drug-likeness (QED) is 0.701. The minimum Gasteiger partial charge on any atom is -0.316 e. The van der Waals surface area contributed by atoms with Crippen LogP contribution >= 0.6 is 0 Å². The van der Waals surface area contributed by atoms with E-state index in [0.717, 1.165) is 24.4 Å². The van der Waals surface area contributed by atoms with Gasteiger partial charge in [-0.1, -0.05) is 40.5 Å². The van der Waals surface area contributed by atoms with Crippen molar-refractivity contribution in [1.82, 2.24) is 10.2 Å². The highest BCUT2D eigenvalue weighted by molar-refractivity contribution is 4.78. The van der Waals surface area contributed by atoms with E-state index < -0.39 is 0 Å². The van der Waals surface area contributed by atoms with Crippen molar-refractivity contribution in [2.75, 3.05) is 26.2 Å². The number of hydrogen-bond donors (Lipinski definition) is 1. The lowest BCUT2D eigenvalue weighted by Gasteiger charge is -2.30. The van der Waals surface area contributed by atoms with E-state index >= 15 is 0 Å². The maximum atomic E-state index is 3.58. The largest absolute Gasteiger partial charge is 0.316 e. The van der Waals surface area contributed by atoms with E-state index in [4.69, 9.17) is 0 Å². The Morgan fingerprint density at radius 1 is 1.12 bits per heavy atom. The normalized spacial score (nSPS) is 19.4. The Morgan fingerprint density at radius 2 is 1.76 bits per heavy atom. The molecule has 1 fully saturated rings. The number of nitrogens with zero attached hydrogens (tertiary/aromatic N) is 1. The van der Waals surface area contributed by atoms with Crippen LogP contribution in [-0.2, 0) is 0 Å². The summed E-state index contributed by atoms with van der Waals surface area (Å²) >= 11 is 0. The highest BCUT2D eigenvalue weighted by atomic mass is 15.2. The van der Waals surface area contributed by atoms with Crippen LogP contribution in [0.1, 0.15) is 53.4 Å². The Morgan fingerprint density at radius 3 is 2.29 bits per heavy atom. The Bertz CT molecular complexity index is 185. The van der Waals surface area contributed by atoms with Crippen molar-refractivity contribution in [1.29, 1.82) is 0 Å². The Labute approximate surface area is 108 Å². The predicted octanol–water partition coefficient (Wildman–Crippen LogP) is 3.13. The predicted molar refractivity (Wildman–Crippen MR) is 76.4 cm³/mol. The van der Waals surface area contributed by atoms with Gasteiger partial charge < -0.3 is 10.2 Å². The average molecular weight is 240 g/mol. The summed E-state index contributed by atoms with van der Waals surface area (Å²) in [7, 11) is 0. The zero-order valence-corrected chi connectivity index (χ0v) is 12.3. The maximum Gasteiger partial charge on any atom is 0.00952 e. The Balaban J connectivity index is 2.19. The lowest BCUT2D eigenvalue weighted by molar-refractivity contribution is 0.180. The number of nitrogens with one attached hydrogen (secondary N) is 1. The van der Waals surface area contributed by atoms with Gasteiger partial charge in [-0.15, -0.1) is 0 Å². The van der Waals surface area contributed by atoms with Gasteiger partial charge in [0.25, 0.3) is 0 Å². The summed E-state index contributed by atoms with van der Waals surface area (Å²) in [6.07, 6.45) is 5.75. The van der Waals surface area contributed by atoms with Gasteiger partial charge in [-0.05, 0) is 44.3 Å². The molecule has 1 aliphatic rings. The van der Waals surface area contributed by atoms with Crippen molar-refractivity contribution in [3.63, 3.8) is 0 Å². The average Bonchev–Trinajstić information content (AvgIpc) is 2.78. The highest BCUT2D eigenvalue weighted by Gasteiger charge is 2.22. The molecule has 0 heterocycles. The highest BCUT2D eigenvalue weighted by Crippen LogP contribution is 2.23. The topological polar surface area (TPSA) is 15.3 Å². The van der Waals surface area contributed by atoms with E-state index in [1.54, 1.807) is 0 Å². The molecule has 2 heteroatoms. The molecule has 1 saturated carbocycles. The molecule has 1 unspecified atom stereocenters. The van der Waals surface area contributed by atoms with E-state index in [-0.39, 0.29) is 0 Å². The van der Waals surface area contributed by atoms with Gasteiger partial charge in [-0.25, -0.2) is 0 Å². The molecule has 1 aliphatic carbocycles. The van der Waals surface area contributed by atoms with Gasteiger partial charge in [0.2, 0.25) is 0 Å². The van der Waals surface area contributed by atoms with Crippen molar-refractivity contribution in [3.8, 4) is 0 Å². The fourth-order valence-corrected chi connectivity index (χ4v) is 2.89. The fraction of sp³-hybridized carbons (Fsp3) is 1.00. The van der Waals surface area contributed by atoms with Crippen LogP contribution in [0.3, 0.4) is 0 Å². The monoisotopic (exact) mass is 240 g/mol. The summed E-state index contributed by atoms with van der Waals surface area (Å²) in [6, 6.07) is 0.882. The van der Waals surface area contributed by atoms with Crippen molar-refractivity contribution < 1.29 is 0 Å². The molecular formula is C15H32N2. The van der Waals surface area contributed by atoms with Gasteiger partial charge >= 0.3 is 0 Å². The maximum absolute atomic E-state index is 3.58. The van der Waals surface area contributed by atoms with E-state index in [2.05, 4.69) is 37.9 Å². The summed E-state index contributed by atoms with van der Waals surface area (Å²) in [5, 5.41) is 3.58. The first-order valence-electron chi connectivity index (χ1n) is 7.58. The molecule has 0 amide bonds. The lowest BCUT2D eigenvalue weighted by atomic mass is 10.1. The van der Waals surface area contributed by atoms with Crippen LogP contribution in [0, 0.1) is 11.8 Å². The van der Waals surface area contributed by atoms with Crippen molar-refractivity contribution in [2.24, 2.45) is 11.8 Å². The number of rotatable bonds is 8. The summed E-state index contributed by atoms with van der Waals surface area (Å²) in [6.45, 7) is 14.0. The minimum absolute atomic E-state index is 0.763. The molecule has 102 valence electrons. The van der Waals surface area contributed by atoms with Gasteiger partial charge in [0.15, 0.2) is 0 Å². The van der Waals surface area contributed by atoms with Crippen LogP contribution < -0.4 is 5.32 Å². The summed E-state index contributed by atoms with van der Waals surface area (Å²) < 4.78 is 0. The molecule has 0 aromatic heterocycles. The van der Waals surface area contributed by atoms with E-state index in [1.807, 2.05) is 0 Å². The molecule has 0 saturated heterocycles. The molecule has 2 nitrogen and oxygen atoms in total. The fourth-order valence-electron chi connectivity index (χ4n) is 2.89. The van der Waals surface area contributed by atoms with Crippen LogP contribution in [0.4, 0.5) is 0 Å². The lowest BCUT2D eigenvalue weighted by Crippen LogP contribution is -2.39. The van der Waals surface area contributed by atoms with Gasteiger partial charge in [0, 0.05) is 12.6 Å². The van der Waals surface area contributed by atoms with Crippen molar-refractivity contribution in [2.45, 2.75) is 59.4 Å². The first-order valence-corrected chi connectivity index (χ1v) is 7.58. The minimum atomic E-state index is 0.763. The van der Waals surface area contributed by atoms with E-state index in [0.29, 0.717) is 0 Å². The van der Waals surface area contributed by atoms with Gasteiger partial charge in [-0.2, -0.15) is 0 Å². The van der Waals surface area contributed by atoms with Gasteiger partial charge in [0.1, 0.15) is 0 Å². The zero-order chi connectivity index (χ0) is 12.7. The molecule has 0 aromatic carbocycles. The van der Waals surface area contributed by atoms with E-state index in [1.165, 1.54) is 45.3 Å². The summed E-state index contributed by atoms with van der Waals surface area (Å²) in [5.41, 5.74) is 0. The third-order valence-electron chi connectivity index (χ3n) is 3.84. The molecule has 0 spiro atoms. The van der Waals surface area contributed by atoms with Crippen molar-refractivity contribution in [3.05, 3.63) is 0 Å². The Kier molecular flexibility index (Phi) is 7.14. The third-order valence-corrected chi connectivity index (χ3v) is 3.84. The van der Waals surface area contributed by atoms with Crippen LogP contribution in [-0.4, -0.2) is 37.1 Å². The second-order valence-electron chi connectivity index (χ2n) is 6.18. The third kappa shape index (κ3) is 5.87. The van der Waals surface area contributed by atoms with Crippen LogP contribution in [0.2, 0.25) is 0 Å². The molecule has 0 radical (unpaired) electrons. The first kappa shape index (κ1) is 15.0. The second kappa shape index (κ2) is 8.10. The first-order chi connectivity index (χ1) is 8.13. The molecular weight excluding hydrogens is 208 g/mol. The number of hydrogen-bond acceptors (Lipinski definition) is 2. The summed E-state index contributed by atoms with van der Waals surface area (Å²) in [4.78, 5) is 2.70. The van der Waals surface area contributed by atoms with Crippen LogP contribution in [0.5, 0.6) is 0 Å². The molecule has 0 aromatic rings.